The van der Waals surface area contributed by atoms with E-state index >= 15 is 0 Å². The number of hydrogen-bond acceptors (Lipinski definition) is 4. The molecule has 2 atom stereocenters. The largest absolute Gasteiger partial charge is 0.480 e. The standard InChI is InChI=1S/C12H23N3O4/c1-12(2,3)8(13)6-10(17)15-7(11(18)19)4-5-9(14)16/h7-8H,4-6,13H2,1-3H3,(H2,14,16)(H,15,17)(H,18,19)/t7-,8?/m1/s1. The van der Waals surface area contributed by atoms with Crippen LogP contribution in [-0.4, -0.2) is 35.0 Å². The van der Waals surface area contributed by atoms with E-state index in [2.05, 4.69) is 5.32 Å². The predicted octanol–water partition coefficient (Wildman–Crippen LogP) is -0.415. The Bertz CT molecular complexity index is 349. The molecular formula is C12H23N3O4. The van der Waals surface area contributed by atoms with Gasteiger partial charge in [0.25, 0.3) is 0 Å². The van der Waals surface area contributed by atoms with Crippen molar-refractivity contribution in [1.29, 1.82) is 0 Å². The molecule has 0 aliphatic rings. The van der Waals surface area contributed by atoms with E-state index in [1.165, 1.54) is 0 Å². The van der Waals surface area contributed by atoms with Crippen molar-refractivity contribution in [2.24, 2.45) is 16.9 Å². The molecule has 0 aromatic rings. The van der Waals surface area contributed by atoms with Gasteiger partial charge >= 0.3 is 5.97 Å². The van der Waals surface area contributed by atoms with Crippen LogP contribution in [0.2, 0.25) is 0 Å². The van der Waals surface area contributed by atoms with Crippen LogP contribution in [0, 0.1) is 5.41 Å². The molecule has 0 rings (SSSR count). The van der Waals surface area contributed by atoms with Gasteiger partial charge in [-0.1, -0.05) is 20.8 Å². The molecule has 0 saturated carbocycles. The molecule has 0 aromatic carbocycles. The third kappa shape index (κ3) is 7.40. The average molecular weight is 273 g/mol. The maximum atomic E-state index is 11.7. The molecule has 2 amide bonds. The number of nitrogens with two attached hydrogens (primary N) is 2. The van der Waals surface area contributed by atoms with Crippen molar-refractivity contribution in [2.45, 2.75) is 52.1 Å². The lowest BCUT2D eigenvalue weighted by atomic mass is 9.85. The number of carbonyl (C=O) groups is 3. The molecule has 0 aliphatic carbocycles. The van der Waals surface area contributed by atoms with E-state index < -0.39 is 23.8 Å². The highest BCUT2D eigenvalue weighted by Gasteiger charge is 2.26. The smallest absolute Gasteiger partial charge is 0.326 e. The summed E-state index contributed by atoms with van der Waals surface area (Å²) in [6.07, 6.45) is -0.0897. The lowest BCUT2D eigenvalue weighted by Crippen LogP contribution is -2.45. The zero-order chi connectivity index (χ0) is 15.2. The summed E-state index contributed by atoms with van der Waals surface area (Å²) in [7, 11) is 0. The van der Waals surface area contributed by atoms with Crippen LogP contribution in [0.15, 0.2) is 0 Å². The van der Waals surface area contributed by atoms with E-state index in [9.17, 15) is 14.4 Å². The highest BCUT2D eigenvalue weighted by atomic mass is 16.4. The van der Waals surface area contributed by atoms with E-state index in [1.807, 2.05) is 20.8 Å². The van der Waals surface area contributed by atoms with Gasteiger partial charge < -0.3 is 21.9 Å². The summed E-state index contributed by atoms with van der Waals surface area (Å²) in [6, 6.07) is -1.50. The van der Waals surface area contributed by atoms with Crippen molar-refractivity contribution in [3.05, 3.63) is 0 Å². The van der Waals surface area contributed by atoms with Crippen LogP contribution >= 0.6 is 0 Å². The predicted molar refractivity (Wildman–Crippen MR) is 70.0 cm³/mol. The van der Waals surface area contributed by atoms with Gasteiger partial charge in [0.2, 0.25) is 11.8 Å². The third-order valence-corrected chi connectivity index (χ3v) is 2.83. The van der Waals surface area contributed by atoms with Crippen LogP contribution in [0.1, 0.15) is 40.0 Å². The molecular weight excluding hydrogens is 250 g/mol. The molecule has 0 spiro atoms. The number of primary amides is 1. The first-order valence-electron chi connectivity index (χ1n) is 6.10. The molecule has 0 aromatic heterocycles. The Kier molecular flexibility index (Phi) is 6.47. The Balaban J connectivity index is 4.40. The molecule has 0 radical (unpaired) electrons. The number of amides is 2. The maximum absolute atomic E-state index is 11.7. The number of aliphatic carboxylic acids is 1. The summed E-state index contributed by atoms with van der Waals surface area (Å²) in [5.41, 5.74) is 10.5. The van der Waals surface area contributed by atoms with Crippen LogP contribution < -0.4 is 16.8 Å². The van der Waals surface area contributed by atoms with Crippen molar-refractivity contribution in [3.8, 4) is 0 Å². The van der Waals surface area contributed by atoms with Crippen molar-refractivity contribution < 1.29 is 19.5 Å². The monoisotopic (exact) mass is 273 g/mol. The normalized spacial score (nSPS) is 14.5. The van der Waals surface area contributed by atoms with Crippen LogP contribution in [0.5, 0.6) is 0 Å². The van der Waals surface area contributed by atoms with Gasteiger partial charge in [0.05, 0.1) is 0 Å². The Hall–Kier alpha value is -1.63. The molecule has 0 heterocycles. The number of hydrogen-bond donors (Lipinski definition) is 4. The SMILES string of the molecule is CC(C)(C)C(N)CC(=O)N[C@H](CCC(N)=O)C(=O)O. The zero-order valence-corrected chi connectivity index (χ0v) is 11.6. The number of carbonyl (C=O) groups excluding carboxylic acids is 2. The molecule has 6 N–H and O–H groups in total. The van der Waals surface area contributed by atoms with Crippen LogP contribution in [0.3, 0.4) is 0 Å². The molecule has 7 heteroatoms. The first-order chi connectivity index (χ1) is 8.54. The average Bonchev–Trinajstić information content (AvgIpc) is 2.21. The zero-order valence-electron chi connectivity index (χ0n) is 11.6. The number of carboxylic acids is 1. The lowest BCUT2D eigenvalue weighted by molar-refractivity contribution is -0.142. The van der Waals surface area contributed by atoms with Crippen molar-refractivity contribution >= 4 is 17.8 Å². The van der Waals surface area contributed by atoms with E-state index in [-0.39, 0.29) is 30.7 Å². The summed E-state index contributed by atoms with van der Waals surface area (Å²) in [6.45, 7) is 5.69. The number of carboxylic acid groups (broad SMARTS) is 1. The highest BCUT2D eigenvalue weighted by Crippen LogP contribution is 2.19. The number of rotatable bonds is 7. The minimum absolute atomic E-state index is 0.0266. The Labute approximate surface area is 112 Å². The second kappa shape index (κ2) is 7.08. The summed E-state index contributed by atoms with van der Waals surface area (Å²) in [5, 5.41) is 11.3. The molecule has 7 nitrogen and oxygen atoms in total. The van der Waals surface area contributed by atoms with Crippen molar-refractivity contribution in [3.63, 3.8) is 0 Å². The van der Waals surface area contributed by atoms with E-state index in [0.717, 1.165) is 0 Å². The summed E-state index contributed by atoms with van der Waals surface area (Å²) in [4.78, 5) is 33.2. The molecule has 0 saturated heterocycles. The molecule has 1 unspecified atom stereocenters. The fourth-order valence-corrected chi connectivity index (χ4v) is 1.30. The van der Waals surface area contributed by atoms with Gasteiger partial charge in [-0.2, -0.15) is 0 Å². The lowest BCUT2D eigenvalue weighted by Gasteiger charge is -2.27. The van der Waals surface area contributed by atoms with E-state index in [4.69, 9.17) is 16.6 Å². The van der Waals surface area contributed by atoms with Crippen LogP contribution in [-0.2, 0) is 14.4 Å². The maximum Gasteiger partial charge on any atom is 0.326 e. The molecule has 0 fully saturated rings. The van der Waals surface area contributed by atoms with E-state index in [0.29, 0.717) is 0 Å². The molecule has 110 valence electrons. The Morgan fingerprint density at radius 3 is 2.16 bits per heavy atom. The van der Waals surface area contributed by atoms with Crippen LogP contribution in [0.4, 0.5) is 0 Å². The topological polar surface area (TPSA) is 136 Å². The summed E-state index contributed by atoms with van der Waals surface area (Å²) < 4.78 is 0. The number of nitrogens with one attached hydrogen (secondary N) is 1. The van der Waals surface area contributed by atoms with Crippen molar-refractivity contribution in [1.82, 2.24) is 5.32 Å². The van der Waals surface area contributed by atoms with Gasteiger partial charge in [0.1, 0.15) is 6.04 Å². The van der Waals surface area contributed by atoms with Gasteiger partial charge in [-0.05, 0) is 11.8 Å². The minimum atomic E-state index is -1.20. The summed E-state index contributed by atoms with van der Waals surface area (Å²) in [5.74, 6) is -2.25. The van der Waals surface area contributed by atoms with Crippen LogP contribution in [0.25, 0.3) is 0 Å². The van der Waals surface area contributed by atoms with E-state index in [1.54, 1.807) is 0 Å². The minimum Gasteiger partial charge on any atom is -0.480 e. The Morgan fingerprint density at radius 1 is 1.26 bits per heavy atom. The first-order valence-corrected chi connectivity index (χ1v) is 6.10. The van der Waals surface area contributed by atoms with Gasteiger partial charge in [-0.25, -0.2) is 4.79 Å². The fourth-order valence-electron chi connectivity index (χ4n) is 1.30. The van der Waals surface area contributed by atoms with Gasteiger partial charge in [-0.3, -0.25) is 9.59 Å². The second-order valence-electron chi connectivity index (χ2n) is 5.64. The molecule has 19 heavy (non-hydrogen) atoms. The Morgan fingerprint density at radius 2 is 1.79 bits per heavy atom. The third-order valence-electron chi connectivity index (χ3n) is 2.83. The summed E-state index contributed by atoms with van der Waals surface area (Å²) >= 11 is 0. The van der Waals surface area contributed by atoms with Gasteiger partial charge in [0.15, 0.2) is 0 Å². The van der Waals surface area contributed by atoms with Crippen molar-refractivity contribution in [2.75, 3.05) is 0 Å². The van der Waals surface area contributed by atoms with Gasteiger partial charge in [-0.15, -0.1) is 0 Å². The second-order valence-corrected chi connectivity index (χ2v) is 5.64. The molecule has 0 aliphatic heterocycles. The first kappa shape index (κ1) is 17.4. The fraction of sp³-hybridized carbons (Fsp3) is 0.750. The molecule has 0 bridgehead atoms. The highest BCUT2D eigenvalue weighted by molar-refractivity contribution is 5.84. The van der Waals surface area contributed by atoms with Gasteiger partial charge in [0, 0.05) is 18.9 Å². The quantitative estimate of drug-likeness (QED) is 0.499.